The number of nitrogens with zero attached hydrogens (tertiary/aromatic N) is 4. The molecule has 1 unspecified atom stereocenters. The van der Waals surface area contributed by atoms with Gasteiger partial charge in [-0.05, 0) is 43.0 Å². The third kappa shape index (κ3) is 5.89. The summed E-state index contributed by atoms with van der Waals surface area (Å²) in [6.07, 6.45) is 2.67. The second-order valence-corrected chi connectivity index (χ2v) is 9.00. The Kier molecular flexibility index (Phi) is 7.50. The van der Waals surface area contributed by atoms with Crippen LogP contribution in [0.5, 0.6) is 0 Å². The van der Waals surface area contributed by atoms with Gasteiger partial charge in [-0.3, -0.25) is 19.5 Å². The highest BCUT2D eigenvalue weighted by atomic mass is 16.6. The van der Waals surface area contributed by atoms with Crippen LogP contribution in [0.1, 0.15) is 31.2 Å². The van der Waals surface area contributed by atoms with Gasteiger partial charge in [0.25, 0.3) is 5.69 Å². The summed E-state index contributed by atoms with van der Waals surface area (Å²) in [5.41, 5.74) is 2.63. The van der Waals surface area contributed by atoms with Crippen molar-refractivity contribution in [3.63, 3.8) is 0 Å². The van der Waals surface area contributed by atoms with Gasteiger partial charge in [-0.25, -0.2) is 4.79 Å². The standard InChI is InChI=1S/C25H30N4O6/c1-26(2)19-9-7-18(8-10-19)16-27(17-21-5-4-14-34-21)24(30)6-3-13-28-22-12-11-20(29(32)33)15-23(22)35-25(28)31/h7-12,15,21H,3-6,13-14,16-17H2,1-2H3. The van der Waals surface area contributed by atoms with Crippen LogP contribution in [0.25, 0.3) is 11.1 Å². The topological polar surface area (TPSA) is 111 Å². The Morgan fingerprint density at radius 2 is 1.97 bits per heavy atom. The molecule has 10 heteroatoms. The molecule has 1 amide bonds. The summed E-state index contributed by atoms with van der Waals surface area (Å²) < 4.78 is 12.4. The molecule has 1 atom stereocenters. The van der Waals surface area contributed by atoms with Gasteiger partial charge in [-0.1, -0.05) is 12.1 Å². The quantitative estimate of drug-likeness (QED) is 0.321. The molecule has 4 rings (SSSR count). The van der Waals surface area contributed by atoms with E-state index in [1.165, 1.54) is 22.8 Å². The molecule has 186 valence electrons. The molecule has 1 fully saturated rings. The lowest BCUT2D eigenvalue weighted by atomic mass is 10.1. The molecule has 0 saturated carbocycles. The number of anilines is 1. The first-order chi connectivity index (χ1) is 16.8. The van der Waals surface area contributed by atoms with Crippen molar-refractivity contribution in [2.45, 2.75) is 44.9 Å². The van der Waals surface area contributed by atoms with Crippen molar-refractivity contribution in [3.8, 4) is 0 Å². The number of non-ortho nitro benzene ring substituents is 1. The van der Waals surface area contributed by atoms with E-state index in [0.29, 0.717) is 25.0 Å². The summed E-state index contributed by atoms with van der Waals surface area (Å²) in [5, 5.41) is 11.0. The number of benzene rings is 2. The number of nitro groups is 1. The van der Waals surface area contributed by atoms with Crippen LogP contribution < -0.4 is 10.7 Å². The van der Waals surface area contributed by atoms with Crippen LogP contribution in [0.4, 0.5) is 11.4 Å². The van der Waals surface area contributed by atoms with Crippen molar-refractivity contribution < 1.29 is 18.9 Å². The van der Waals surface area contributed by atoms with Gasteiger partial charge in [0.15, 0.2) is 5.58 Å². The van der Waals surface area contributed by atoms with Crippen molar-refractivity contribution in [1.82, 2.24) is 9.47 Å². The fourth-order valence-electron chi connectivity index (χ4n) is 4.34. The summed E-state index contributed by atoms with van der Waals surface area (Å²) in [6.45, 7) is 2.02. The van der Waals surface area contributed by atoms with E-state index >= 15 is 0 Å². The second kappa shape index (κ2) is 10.7. The van der Waals surface area contributed by atoms with E-state index in [0.717, 1.165) is 30.7 Å². The fraction of sp³-hybridized carbons (Fsp3) is 0.440. The predicted octanol–water partition coefficient (Wildman–Crippen LogP) is 3.56. The SMILES string of the molecule is CN(C)c1ccc(CN(CC2CCCO2)C(=O)CCCn2c(=O)oc3cc([N+](=O)[O-])ccc32)cc1. The highest BCUT2D eigenvalue weighted by Gasteiger charge is 2.23. The Morgan fingerprint density at radius 3 is 2.63 bits per heavy atom. The lowest BCUT2D eigenvalue weighted by Crippen LogP contribution is -2.37. The Morgan fingerprint density at radius 1 is 1.20 bits per heavy atom. The Bertz CT molecular complexity index is 1240. The lowest BCUT2D eigenvalue weighted by Gasteiger charge is -2.26. The highest BCUT2D eigenvalue weighted by Crippen LogP contribution is 2.21. The van der Waals surface area contributed by atoms with Gasteiger partial charge in [-0.2, -0.15) is 0 Å². The number of oxazole rings is 1. The lowest BCUT2D eigenvalue weighted by molar-refractivity contribution is -0.384. The van der Waals surface area contributed by atoms with Gasteiger partial charge in [-0.15, -0.1) is 0 Å². The maximum Gasteiger partial charge on any atom is 0.419 e. The molecule has 1 aliphatic rings. The number of hydrogen-bond acceptors (Lipinski definition) is 7. The molecule has 1 saturated heterocycles. The van der Waals surface area contributed by atoms with E-state index in [9.17, 15) is 19.7 Å². The summed E-state index contributed by atoms with van der Waals surface area (Å²) in [6, 6.07) is 12.2. The molecule has 0 bridgehead atoms. The Hall–Kier alpha value is -3.66. The fourth-order valence-corrected chi connectivity index (χ4v) is 4.34. The van der Waals surface area contributed by atoms with Gasteiger partial charge in [0.2, 0.25) is 5.91 Å². The normalized spacial score (nSPS) is 15.4. The van der Waals surface area contributed by atoms with Gasteiger partial charge in [0, 0.05) is 58.5 Å². The van der Waals surface area contributed by atoms with Crippen molar-refractivity contribution in [2.24, 2.45) is 0 Å². The highest BCUT2D eigenvalue weighted by molar-refractivity contribution is 5.77. The first kappa shape index (κ1) is 24.5. The van der Waals surface area contributed by atoms with Crippen molar-refractivity contribution in [1.29, 1.82) is 0 Å². The van der Waals surface area contributed by atoms with E-state index in [-0.39, 0.29) is 36.2 Å². The molecular formula is C25H30N4O6. The van der Waals surface area contributed by atoms with E-state index < -0.39 is 10.7 Å². The average molecular weight is 483 g/mol. The molecule has 1 aliphatic heterocycles. The molecule has 0 radical (unpaired) electrons. The maximum atomic E-state index is 13.2. The minimum Gasteiger partial charge on any atom is -0.407 e. The van der Waals surface area contributed by atoms with Crippen LogP contribution in [0.2, 0.25) is 0 Å². The Labute approximate surface area is 202 Å². The number of aryl methyl sites for hydroxylation is 1. The van der Waals surface area contributed by atoms with Crippen LogP contribution in [0.3, 0.4) is 0 Å². The van der Waals surface area contributed by atoms with Gasteiger partial charge in [0.1, 0.15) is 0 Å². The molecule has 0 aliphatic carbocycles. The van der Waals surface area contributed by atoms with Crippen LogP contribution in [0, 0.1) is 10.1 Å². The van der Waals surface area contributed by atoms with E-state index in [4.69, 9.17) is 9.15 Å². The second-order valence-electron chi connectivity index (χ2n) is 9.00. The zero-order valence-electron chi connectivity index (χ0n) is 20.0. The summed E-state index contributed by atoms with van der Waals surface area (Å²) >= 11 is 0. The van der Waals surface area contributed by atoms with Gasteiger partial charge in [0.05, 0.1) is 22.6 Å². The monoisotopic (exact) mass is 482 g/mol. The minimum atomic E-state index is -0.592. The van der Waals surface area contributed by atoms with E-state index in [2.05, 4.69) is 0 Å². The van der Waals surface area contributed by atoms with Crippen molar-refractivity contribution >= 4 is 28.4 Å². The number of ether oxygens (including phenoxy) is 1. The van der Waals surface area contributed by atoms with Crippen molar-refractivity contribution in [2.75, 3.05) is 32.1 Å². The first-order valence-electron chi connectivity index (χ1n) is 11.8. The van der Waals surface area contributed by atoms with E-state index in [1.807, 2.05) is 48.2 Å². The van der Waals surface area contributed by atoms with Gasteiger partial charge < -0.3 is 19.0 Å². The summed E-state index contributed by atoms with van der Waals surface area (Å²) in [4.78, 5) is 39.8. The molecule has 2 aromatic carbocycles. The Balaban J connectivity index is 1.42. The molecule has 0 spiro atoms. The van der Waals surface area contributed by atoms with E-state index in [1.54, 1.807) is 0 Å². The number of hydrogen-bond donors (Lipinski definition) is 0. The zero-order chi connectivity index (χ0) is 24.9. The number of carbonyl (C=O) groups excluding carboxylic acids is 1. The van der Waals surface area contributed by atoms with Crippen molar-refractivity contribution in [3.05, 3.63) is 68.7 Å². The molecule has 3 aromatic rings. The summed E-state index contributed by atoms with van der Waals surface area (Å²) in [5.74, 6) is -0.598. The number of nitro benzene ring substituents is 1. The predicted molar refractivity (Wildman–Crippen MR) is 132 cm³/mol. The summed E-state index contributed by atoms with van der Waals surface area (Å²) in [7, 11) is 3.97. The third-order valence-electron chi connectivity index (χ3n) is 6.26. The van der Waals surface area contributed by atoms with Gasteiger partial charge >= 0.3 is 5.76 Å². The molecule has 35 heavy (non-hydrogen) atoms. The largest absolute Gasteiger partial charge is 0.419 e. The van der Waals surface area contributed by atoms with Crippen LogP contribution >= 0.6 is 0 Å². The number of fused-ring (bicyclic) bond motifs is 1. The zero-order valence-corrected chi connectivity index (χ0v) is 20.0. The third-order valence-corrected chi connectivity index (χ3v) is 6.26. The molecule has 2 heterocycles. The molecule has 1 aromatic heterocycles. The number of amides is 1. The smallest absolute Gasteiger partial charge is 0.407 e. The first-order valence-corrected chi connectivity index (χ1v) is 11.8. The number of rotatable bonds is 10. The van der Waals surface area contributed by atoms with Crippen LogP contribution in [0.15, 0.2) is 51.7 Å². The molecular weight excluding hydrogens is 452 g/mol. The molecule has 0 N–H and O–H groups in total. The van der Waals surface area contributed by atoms with Crippen LogP contribution in [-0.4, -0.2) is 53.6 Å². The minimum absolute atomic E-state index is 0.00586. The number of carbonyl (C=O) groups is 1. The van der Waals surface area contributed by atoms with Crippen LogP contribution in [-0.2, 0) is 22.6 Å². The maximum absolute atomic E-state index is 13.2. The average Bonchev–Trinajstić information content (AvgIpc) is 3.45. The molecule has 10 nitrogen and oxygen atoms in total. The number of aromatic nitrogens is 1.